The summed E-state index contributed by atoms with van der Waals surface area (Å²) in [7, 11) is 1.84. The summed E-state index contributed by atoms with van der Waals surface area (Å²) in [5.74, 6) is 0. The normalized spacial score (nSPS) is 15.2. The van der Waals surface area contributed by atoms with Crippen molar-refractivity contribution < 1.29 is 4.74 Å². The van der Waals surface area contributed by atoms with Crippen LogP contribution in [0.4, 0.5) is 0 Å². The van der Waals surface area contributed by atoms with Crippen molar-refractivity contribution in [3.05, 3.63) is 0 Å². The average Bonchev–Trinajstić information content (AvgIpc) is 2.25. The van der Waals surface area contributed by atoms with E-state index in [1.165, 1.54) is 38.5 Å². The second-order valence-electron chi connectivity index (χ2n) is 4.22. The lowest BCUT2D eigenvalue weighted by molar-refractivity contribution is 0.0578. The molecule has 0 radical (unpaired) electrons. The first-order chi connectivity index (χ1) is 7.29. The van der Waals surface area contributed by atoms with E-state index in [1.807, 2.05) is 7.11 Å². The minimum atomic E-state index is 0.395. The molecule has 0 spiro atoms. The van der Waals surface area contributed by atoms with Crippen LogP contribution in [0, 0.1) is 0 Å². The molecule has 2 atom stereocenters. The first-order valence-corrected chi connectivity index (χ1v) is 6.56. The van der Waals surface area contributed by atoms with E-state index >= 15 is 0 Å². The number of likely N-dealkylation sites (N-methyl/N-ethyl adjacent to an activating group) is 1. The number of methoxy groups -OCH3 is 1. The summed E-state index contributed by atoms with van der Waals surface area (Å²) >= 11 is 0. The fraction of sp³-hybridized carbons (Fsp3) is 1.00. The van der Waals surface area contributed by atoms with E-state index in [4.69, 9.17) is 4.74 Å². The number of hydrogen-bond acceptors (Lipinski definition) is 2. The zero-order valence-corrected chi connectivity index (χ0v) is 11.0. The summed E-state index contributed by atoms with van der Waals surface area (Å²) in [6.07, 6.45) is 7.97. The molecular formula is C13H29NO. The molecule has 2 heteroatoms. The van der Waals surface area contributed by atoms with E-state index in [1.54, 1.807) is 0 Å². The van der Waals surface area contributed by atoms with Crippen molar-refractivity contribution in [3.8, 4) is 0 Å². The predicted octanol–water partition coefficient (Wildman–Crippen LogP) is 3.36. The van der Waals surface area contributed by atoms with Gasteiger partial charge in [-0.1, -0.05) is 46.5 Å². The molecule has 0 saturated heterocycles. The van der Waals surface area contributed by atoms with E-state index in [0.717, 1.165) is 6.54 Å². The maximum Gasteiger partial charge on any atom is 0.0724 e. The Hall–Kier alpha value is -0.0800. The van der Waals surface area contributed by atoms with Crippen LogP contribution in [0.25, 0.3) is 0 Å². The van der Waals surface area contributed by atoms with E-state index in [9.17, 15) is 0 Å². The van der Waals surface area contributed by atoms with Gasteiger partial charge in [-0.25, -0.2) is 0 Å². The molecule has 2 unspecified atom stereocenters. The van der Waals surface area contributed by atoms with Crippen molar-refractivity contribution in [1.29, 1.82) is 0 Å². The maximum absolute atomic E-state index is 5.57. The molecule has 0 aliphatic heterocycles. The van der Waals surface area contributed by atoms with Gasteiger partial charge in [0.05, 0.1) is 6.10 Å². The zero-order chi connectivity index (χ0) is 11.5. The highest BCUT2D eigenvalue weighted by molar-refractivity contribution is 4.76. The molecule has 0 bridgehead atoms. The molecule has 0 amide bonds. The van der Waals surface area contributed by atoms with Crippen molar-refractivity contribution >= 4 is 0 Å². The highest BCUT2D eigenvalue weighted by Crippen LogP contribution is 2.13. The van der Waals surface area contributed by atoms with E-state index < -0.39 is 0 Å². The molecule has 0 aliphatic rings. The Morgan fingerprint density at radius 1 is 1.00 bits per heavy atom. The van der Waals surface area contributed by atoms with E-state index in [2.05, 4.69) is 26.1 Å². The molecule has 0 aromatic heterocycles. The number of ether oxygens (including phenoxy) is 1. The van der Waals surface area contributed by atoms with Crippen molar-refractivity contribution in [1.82, 2.24) is 5.32 Å². The number of hydrogen-bond donors (Lipinski definition) is 1. The third-order valence-electron chi connectivity index (χ3n) is 2.91. The molecule has 0 rings (SSSR count). The molecule has 0 aromatic rings. The van der Waals surface area contributed by atoms with Crippen LogP contribution in [0.3, 0.4) is 0 Å². The Morgan fingerprint density at radius 3 is 2.20 bits per heavy atom. The number of unbranched alkanes of at least 4 members (excludes halogenated alkanes) is 2. The lowest BCUT2D eigenvalue weighted by atomic mass is 10.00. The minimum Gasteiger partial charge on any atom is -0.380 e. The van der Waals surface area contributed by atoms with Gasteiger partial charge < -0.3 is 10.1 Å². The molecule has 15 heavy (non-hydrogen) atoms. The van der Waals surface area contributed by atoms with Crippen LogP contribution in [-0.2, 0) is 4.74 Å². The zero-order valence-electron chi connectivity index (χ0n) is 11.0. The predicted molar refractivity (Wildman–Crippen MR) is 67.3 cm³/mol. The third kappa shape index (κ3) is 6.91. The van der Waals surface area contributed by atoms with Gasteiger partial charge in [0.2, 0.25) is 0 Å². The second kappa shape index (κ2) is 10.4. The van der Waals surface area contributed by atoms with Gasteiger partial charge >= 0.3 is 0 Å². The van der Waals surface area contributed by atoms with Crippen LogP contribution in [0.15, 0.2) is 0 Å². The van der Waals surface area contributed by atoms with Gasteiger partial charge in [0.25, 0.3) is 0 Å². The van der Waals surface area contributed by atoms with Gasteiger partial charge in [0, 0.05) is 13.2 Å². The smallest absolute Gasteiger partial charge is 0.0724 e. The molecule has 0 saturated carbocycles. The highest BCUT2D eigenvalue weighted by atomic mass is 16.5. The first kappa shape index (κ1) is 14.9. The topological polar surface area (TPSA) is 21.3 Å². The van der Waals surface area contributed by atoms with Gasteiger partial charge in [-0.3, -0.25) is 0 Å². The van der Waals surface area contributed by atoms with E-state index in [0.29, 0.717) is 12.1 Å². The fourth-order valence-electron chi connectivity index (χ4n) is 2.06. The lowest BCUT2D eigenvalue weighted by Crippen LogP contribution is -2.40. The second-order valence-corrected chi connectivity index (χ2v) is 4.22. The minimum absolute atomic E-state index is 0.395. The van der Waals surface area contributed by atoms with Gasteiger partial charge in [0.1, 0.15) is 0 Å². The summed E-state index contributed by atoms with van der Waals surface area (Å²) < 4.78 is 5.57. The fourth-order valence-corrected chi connectivity index (χ4v) is 2.06. The Kier molecular flexibility index (Phi) is 10.4. The molecule has 92 valence electrons. The quantitative estimate of drug-likeness (QED) is 0.564. The van der Waals surface area contributed by atoms with Crippen LogP contribution in [-0.4, -0.2) is 25.8 Å². The molecule has 0 aliphatic carbocycles. The van der Waals surface area contributed by atoms with E-state index in [-0.39, 0.29) is 0 Å². The molecule has 0 aromatic carbocycles. The van der Waals surface area contributed by atoms with Crippen LogP contribution < -0.4 is 5.32 Å². The maximum atomic E-state index is 5.57. The average molecular weight is 215 g/mol. The van der Waals surface area contributed by atoms with Gasteiger partial charge in [-0.2, -0.15) is 0 Å². The largest absolute Gasteiger partial charge is 0.380 e. The van der Waals surface area contributed by atoms with Gasteiger partial charge in [-0.15, -0.1) is 0 Å². The Bertz CT molecular complexity index is 128. The molecule has 2 nitrogen and oxygen atoms in total. The highest BCUT2D eigenvalue weighted by Gasteiger charge is 2.18. The van der Waals surface area contributed by atoms with Gasteiger partial charge in [-0.05, 0) is 19.4 Å². The van der Waals surface area contributed by atoms with Crippen LogP contribution in [0.1, 0.15) is 59.3 Å². The van der Waals surface area contributed by atoms with Crippen molar-refractivity contribution in [2.45, 2.75) is 71.4 Å². The molecular weight excluding hydrogens is 186 g/mol. The summed E-state index contributed by atoms with van der Waals surface area (Å²) in [4.78, 5) is 0. The van der Waals surface area contributed by atoms with Crippen LogP contribution in [0.2, 0.25) is 0 Å². The standard InChI is InChI=1S/C13H29NO/c1-5-8-9-11-12(14-7-3)13(15-4)10-6-2/h12-14H,5-11H2,1-4H3. The summed E-state index contributed by atoms with van der Waals surface area (Å²) in [5, 5.41) is 3.55. The monoisotopic (exact) mass is 215 g/mol. The molecule has 0 fully saturated rings. The Labute approximate surface area is 95.8 Å². The molecule has 0 heterocycles. The first-order valence-electron chi connectivity index (χ1n) is 6.56. The SMILES string of the molecule is CCCCCC(NCC)C(CCC)OC. The van der Waals surface area contributed by atoms with Crippen molar-refractivity contribution in [3.63, 3.8) is 0 Å². The summed E-state index contributed by atoms with van der Waals surface area (Å²) in [6, 6.07) is 0.548. The van der Waals surface area contributed by atoms with Crippen molar-refractivity contribution in [2.75, 3.05) is 13.7 Å². The lowest BCUT2D eigenvalue weighted by Gasteiger charge is -2.26. The Morgan fingerprint density at radius 2 is 1.73 bits per heavy atom. The van der Waals surface area contributed by atoms with Crippen LogP contribution >= 0.6 is 0 Å². The van der Waals surface area contributed by atoms with Crippen LogP contribution in [0.5, 0.6) is 0 Å². The van der Waals surface area contributed by atoms with Crippen molar-refractivity contribution in [2.24, 2.45) is 0 Å². The summed E-state index contributed by atoms with van der Waals surface area (Å²) in [6.45, 7) is 7.69. The third-order valence-corrected chi connectivity index (χ3v) is 2.91. The Balaban J connectivity index is 3.95. The van der Waals surface area contributed by atoms with Gasteiger partial charge in [0.15, 0.2) is 0 Å². The number of nitrogens with one attached hydrogen (secondary N) is 1. The number of rotatable bonds is 10. The molecule has 1 N–H and O–H groups in total. The summed E-state index contributed by atoms with van der Waals surface area (Å²) in [5.41, 5.74) is 0.